The lowest BCUT2D eigenvalue weighted by Crippen LogP contribution is -2.66. The molecule has 0 aromatic rings. The van der Waals surface area contributed by atoms with E-state index >= 15 is 0 Å². The Morgan fingerprint density at radius 1 is 1.00 bits per heavy atom. The summed E-state index contributed by atoms with van der Waals surface area (Å²) in [6.45, 7) is 8.85. The Balaban J connectivity index is 1.56. The summed E-state index contributed by atoms with van der Waals surface area (Å²) in [5, 5.41) is 11.8. The Kier molecular flexibility index (Phi) is 4.30. The van der Waals surface area contributed by atoms with Crippen molar-refractivity contribution >= 4 is 11.6 Å². The van der Waals surface area contributed by atoms with Gasteiger partial charge in [0.15, 0.2) is 0 Å². The molecule has 5 rings (SSSR count). The van der Waals surface area contributed by atoms with E-state index in [1.54, 1.807) is 0 Å². The highest BCUT2D eigenvalue weighted by molar-refractivity contribution is 5.84. The maximum absolute atomic E-state index is 13.2. The van der Waals surface area contributed by atoms with Crippen LogP contribution in [0.1, 0.15) is 98.3 Å². The van der Waals surface area contributed by atoms with Crippen LogP contribution in [0.25, 0.3) is 0 Å². The molecule has 5 fully saturated rings. The Bertz CT molecular complexity index is 744. The molecular formula is C26H40O3. The zero-order valence-electron chi connectivity index (χ0n) is 18.9. The number of fused-ring (bicyclic) bond motifs is 7. The summed E-state index contributed by atoms with van der Waals surface area (Å²) >= 11 is 0. The highest BCUT2D eigenvalue weighted by Gasteiger charge is 2.71. The van der Waals surface area contributed by atoms with Crippen molar-refractivity contribution in [1.82, 2.24) is 0 Å². The normalized spacial score (nSPS) is 56.7. The van der Waals surface area contributed by atoms with Crippen molar-refractivity contribution in [3.8, 4) is 0 Å². The molecule has 5 saturated carbocycles. The van der Waals surface area contributed by atoms with Crippen molar-refractivity contribution in [3.05, 3.63) is 0 Å². The molecular weight excluding hydrogens is 360 g/mol. The number of hydrogen-bond donors (Lipinski definition) is 1. The fraction of sp³-hybridized carbons (Fsp3) is 0.923. The van der Waals surface area contributed by atoms with Gasteiger partial charge in [-0.25, -0.2) is 0 Å². The summed E-state index contributed by atoms with van der Waals surface area (Å²) in [5.74, 6) is 3.15. The molecule has 0 spiro atoms. The minimum atomic E-state index is -0.832. The highest BCUT2D eigenvalue weighted by atomic mass is 16.3. The first-order valence-corrected chi connectivity index (χ1v) is 12.4. The van der Waals surface area contributed by atoms with Crippen LogP contribution >= 0.6 is 0 Å². The molecule has 5 aliphatic carbocycles. The second kappa shape index (κ2) is 6.17. The molecule has 0 radical (unpaired) electrons. The summed E-state index contributed by atoms with van der Waals surface area (Å²) in [6, 6.07) is 0. The van der Waals surface area contributed by atoms with Gasteiger partial charge in [-0.2, -0.15) is 0 Å². The molecule has 3 nitrogen and oxygen atoms in total. The maximum Gasteiger partial charge on any atom is 0.136 e. The molecule has 0 heterocycles. The van der Waals surface area contributed by atoms with E-state index in [0.717, 1.165) is 32.1 Å². The van der Waals surface area contributed by atoms with Crippen LogP contribution in [0.4, 0.5) is 0 Å². The molecule has 5 unspecified atom stereocenters. The number of ketones is 2. The van der Waals surface area contributed by atoms with Gasteiger partial charge in [0, 0.05) is 23.7 Å². The monoisotopic (exact) mass is 400 g/mol. The quantitative estimate of drug-likeness (QED) is 0.647. The number of aliphatic hydroxyl groups is 1. The molecule has 0 aromatic carbocycles. The summed E-state index contributed by atoms with van der Waals surface area (Å²) in [4.78, 5) is 25.5. The van der Waals surface area contributed by atoms with E-state index in [4.69, 9.17) is 0 Å². The third-order valence-corrected chi connectivity index (χ3v) is 11.7. The van der Waals surface area contributed by atoms with Gasteiger partial charge in [-0.05, 0) is 86.9 Å². The molecule has 9 atom stereocenters. The lowest BCUT2D eigenvalue weighted by atomic mass is 9.40. The van der Waals surface area contributed by atoms with Gasteiger partial charge in [-0.1, -0.05) is 33.6 Å². The fourth-order valence-corrected chi connectivity index (χ4v) is 10.3. The zero-order chi connectivity index (χ0) is 20.8. The van der Waals surface area contributed by atoms with Gasteiger partial charge in [0.05, 0.1) is 5.60 Å². The van der Waals surface area contributed by atoms with Gasteiger partial charge in [0.2, 0.25) is 0 Å². The fourth-order valence-electron chi connectivity index (χ4n) is 10.3. The molecule has 0 saturated heterocycles. The molecule has 3 heteroatoms. The van der Waals surface area contributed by atoms with Gasteiger partial charge in [0.1, 0.15) is 11.6 Å². The van der Waals surface area contributed by atoms with Crippen LogP contribution in [0.5, 0.6) is 0 Å². The van der Waals surface area contributed by atoms with Crippen molar-refractivity contribution in [2.75, 3.05) is 0 Å². The average Bonchev–Trinajstić information content (AvgIpc) is 2.95. The van der Waals surface area contributed by atoms with E-state index in [1.807, 2.05) is 6.92 Å². The molecule has 0 aromatic heterocycles. The maximum atomic E-state index is 13.2. The largest absolute Gasteiger partial charge is 0.389 e. The van der Waals surface area contributed by atoms with Crippen molar-refractivity contribution in [2.24, 2.45) is 45.8 Å². The van der Waals surface area contributed by atoms with Crippen LogP contribution < -0.4 is 0 Å². The van der Waals surface area contributed by atoms with Gasteiger partial charge in [0.25, 0.3) is 0 Å². The third kappa shape index (κ3) is 2.24. The van der Waals surface area contributed by atoms with Crippen molar-refractivity contribution < 1.29 is 14.7 Å². The predicted octanol–water partition coefficient (Wildman–Crippen LogP) is 5.33. The zero-order valence-corrected chi connectivity index (χ0v) is 18.9. The number of hydrogen-bond acceptors (Lipinski definition) is 3. The van der Waals surface area contributed by atoms with Crippen LogP contribution in [-0.2, 0) is 9.59 Å². The van der Waals surface area contributed by atoms with E-state index < -0.39 is 5.60 Å². The second-order valence-corrected chi connectivity index (χ2v) is 12.2. The van der Waals surface area contributed by atoms with Crippen LogP contribution in [-0.4, -0.2) is 22.3 Å². The number of Topliss-reactive ketones (excluding diaryl/α,β-unsaturated/α-hetero) is 2. The number of carbonyl (C=O) groups is 2. The molecule has 29 heavy (non-hydrogen) atoms. The Labute approximate surface area is 176 Å². The SMILES string of the molecule is CC(=O)C12CCCC[C@H]1CC1C3CC(C)[C@@]4(O)CC(=O)CC[C@]4(C)C3CC[C@@]12C. The van der Waals surface area contributed by atoms with Crippen LogP contribution in [0.2, 0.25) is 0 Å². The van der Waals surface area contributed by atoms with Crippen molar-refractivity contribution in [3.63, 3.8) is 0 Å². The van der Waals surface area contributed by atoms with Gasteiger partial charge < -0.3 is 5.11 Å². The van der Waals surface area contributed by atoms with Crippen LogP contribution in [0.3, 0.4) is 0 Å². The molecule has 0 aliphatic heterocycles. The molecule has 162 valence electrons. The second-order valence-electron chi connectivity index (χ2n) is 12.2. The standard InChI is InChI=1S/C26H40O3/c1-16-13-20-21(24(4)11-8-19(28)15-26(16,24)29)9-12-23(3)22(20)14-18-7-5-6-10-25(18,23)17(2)27/h16,18,20-22,29H,5-15H2,1-4H3/t16?,18-,20?,21?,22?,23-,24+,25?,26-/m0/s1. The Hall–Kier alpha value is -0.700. The Morgan fingerprint density at radius 3 is 2.48 bits per heavy atom. The molecule has 0 amide bonds. The third-order valence-electron chi connectivity index (χ3n) is 11.7. The highest BCUT2D eigenvalue weighted by Crippen LogP contribution is 2.75. The van der Waals surface area contributed by atoms with E-state index in [-0.39, 0.29) is 27.9 Å². The van der Waals surface area contributed by atoms with Gasteiger partial charge >= 0.3 is 0 Å². The number of carbonyl (C=O) groups excluding carboxylic acids is 2. The smallest absolute Gasteiger partial charge is 0.136 e. The molecule has 5 aliphatic rings. The Morgan fingerprint density at radius 2 is 1.76 bits per heavy atom. The molecule has 1 N–H and O–H groups in total. The lowest BCUT2D eigenvalue weighted by molar-refractivity contribution is -0.230. The number of rotatable bonds is 1. The predicted molar refractivity (Wildman–Crippen MR) is 113 cm³/mol. The average molecular weight is 401 g/mol. The first-order valence-electron chi connectivity index (χ1n) is 12.4. The first-order chi connectivity index (χ1) is 13.6. The lowest BCUT2D eigenvalue weighted by Gasteiger charge is -2.66. The van der Waals surface area contributed by atoms with E-state index in [9.17, 15) is 14.7 Å². The topological polar surface area (TPSA) is 54.4 Å². The van der Waals surface area contributed by atoms with Crippen LogP contribution in [0.15, 0.2) is 0 Å². The van der Waals surface area contributed by atoms with E-state index in [1.165, 1.54) is 25.7 Å². The van der Waals surface area contributed by atoms with Crippen molar-refractivity contribution in [2.45, 2.75) is 104 Å². The van der Waals surface area contributed by atoms with Crippen molar-refractivity contribution in [1.29, 1.82) is 0 Å². The molecule has 0 bridgehead atoms. The van der Waals surface area contributed by atoms with Crippen LogP contribution in [0, 0.1) is 45.8 Å². The summed E-state index contributed by atoms with van der Waals surface area (Å²) in [7, 11) is 0. The van der Waals surface area contributed by atoms with E-state index in [0.29, 0.717) is 42.3 Å². The van der Waals surface area contributed by atoms with E-state index in [2.05, 4.69) is 20.8 Å². The first kappa shape index (κ1) is 20.2. The van der Waals surface area contributed by atoms with Gasteiger partial charge in [-0.15, -0.1) is 0 Å². The summed E-state index contributed by atoms with van der Waals surface area (Å²) in [6.07, 6.45) is 11.2. The summed E-state index contributed by atoms with van der Waals surface area (Å²) in [5.41, 5.74) is -0.953. The minimum absolute atomic E-state index is 0.0959. The minimum Gasteiger partial charge on any atom is -0.389 e. The van der Waals surface area contributed by atoms with Gasteiger partial charge in [-0.3, -0.25) is 9.59 Å². The summed E-state index contributed by atoms with van der Waals surface area (Å²) < 4.78 is 0.